The number of carbonyl (C=O) groups excluding carboxylic acids is 1. The monoisotopic (exact) mass is 221 g/mol. The minimum atomic E-state index is -0.439. The molecule has 0 bridgehead atoms. The van der Waals surface area contributed by atoms with Crippen LogP contribution in [0.4, 0.5) is 0 Å². The number of hydrogen-bond acceptors (Lipinski definition) is 3. The van der Waals surface area contributed by atoms with Crippen molar-refractivity contribution in [2.45, 2.75) is 20.4 Å². The molecule has 1 aromatic rings. The van der Waals surface area contributed by atoms with Gasteiger partial charge in [-0.3, -0.25) is 4.79 Å². The van der Waals surface area contributed by atoms with E-state index in [1.165, 1.54) is 30.0 Å². The van der Waals surface area contributed by atoms with Gasteiger partial charge in [-0.25, -0.2) is 4.79 Å². The van der Waals surface area contributed by atoms with E-state index in [-0.39, 0.29) is 5.56 Å². The Bertz CT molecular complexity index is 467. The van der Waals surface area contributed by atoms with Crippen LogP contribution in [0.2, 0.25) is 0 Å². The van der Waals surface area contributed by atoms with Gasteiger partial charge < -0.3 is 9.30 Å². The molecule has 1 heterocycles. The Balaban J connectivity index is 3.04. The van der Waals surface area contributed by atoms with Crippen molar-refractivity contribution in [2.75, 3.05) is 7.11 Å². The Morgan fingerprint density at radius 3 is 2.69 bits per heavy atom. The highest BCUT2D eigenvalue weighted by Gasteiger charge is 2.06. The lowest BCUT2D eigenvalue weighted by Gasteiger charge is -2.04. The maximum atomic E-state index is 11.5. The molecule has 0 radical (unpaired) electrons. The van der Waals surface area contributed by atoms with Crippen molar-refractivity contribution < 1.29 is 9.53 Å². The highest BCUT2D eigenvalue weighted by molar-refractivity contribution is 5.88. The Morgan fingerprint density at radius 2 is 2.12 bits per heavy atom. The van der Waals surface area contributed by atoms with Crippen molar-refractivity contribution in [3.8, 4) is 0 Å². The zero-order valence-electron chi connectivity index (χ0n) is 9.69. The molecule has 4 heteroatoms. The molecular weight excluding hydrogens is 206 g/mol. The molecule has 0 aliphatic carbocycles. The molecule has 0 saturated heterocycles. The predicted octanol–water partition coefficient (Wildman–Crippen LogP) is 1.60. The first-order valence-electron chi connectivity index (χ1n) is 4.96. The third kappa shape index (κ3) is 3.08. The van der Waals surface area contributed by atoms with Crippen molar-refractivity contribution in [1.82, 2.24) is 4.57 Å². The average Bonchev–Trinajstić information content (AvgIpc) is 2.26. The molecule has 1 rings (SSSR count). The van der Waals surface area contributed by atoms with Gasteiger partial charge >= 0.3 is 5.97 Å². The van der Waals surface area contributed by atoms with E-state index in [9.17, 15) is 9.59 Å². The Hall–Kier alpha value is -1.84. The van der Waals surface area contributed by atoms with E-state index in [0.717, 1.165) is 5.57 Å². The van der Waals surface area contributed by atoms with E-state index in [0.29, 0.717) is 12.1 Å². The fourth-order valence-corrected chi connectivity index (χ4v) is 1.19. The summed E-state index contributed by atoms with van der Waals surface area (Å²) in [5, 5.41) is 0. The van der Waals surface area contributed by atoms with Gasteiger partial charge in [-0.1, -0.05) is 11.6 Å². The first-order chi connectivity index (χ1) is 7.54. The lowest BCUT2D eigenvalue weighted by Crippen LogP contribution is -2.19. The average molecular weight is 221 g/mol. The number of aromatic nitrogens is 1. The van der Waals surface area contributed by atoms with Gasteiger partial charge in [0, 0.05) is 18.8 Å². The van der Waals surface area contributed by atoms with E-state index in [1.807, 2.05) is 19.9 Å². The van der Waals surface area contributed by atoms with Crippen LogP contribution in [-0.4, -0.2) is 17.6 Å². The van der Waals surface area contributed by atoms with Crippen molar-refractivity contribution >= 4 is 5.97 Å². The zero-order chi connectivity index (χ0) is 12.1. The van der Waals surface area contributed by atoms with Gasteiger partial charge in [0.1, 0.15) is 0 Å². The number of carbonyl (C=O) groups is 1. The number of rotatable bonds is 3. The van der Waals surface area contributed by atoms with Gasteiger partial charge in [-0.2, -0.15) is 0 Å². The fourth-order valence-electron chi connectivity index (χ4n) is 1.19. The minimum Gasteiger partial charge on any atom is -0.465 e. The molecule has 1 aromatic heterocycles. The topological polar surface area (TPSA) is 48.3 Å². The van der Waals surface area contributed by atoms with Crippen molar-refractivity contribution in [3.05, 3.63) is 45.9 Å². The molecule has 0 spiro atoms. The van der Waals surface area contributed by atoms with Gasteiger partial charge in [0.05, 0.1) is 12.7 Å². The number of esters is 1. The summed E-state index contributed by atoms with van der Waals surface area (Å²) in [4.78, 5) is 22.7. The number of nitrogens with zero attached hydrogens (tertiary/aromatic N) is 1. The predicted molar refractivity (Wildman–Crippen MR) is 61.5 cm³/mol. The molecule has 0 atom stereocenters. The van der Waals surface area contributed by atoms with Crippen LogP contribution in [0.5, 0.6) is 0 Å². The summed E-state index contributed by atoms with van der Waals surface area (Å²) in [6.07, 6.45) is 3.43. The smallest absolute Gasteiger partial charge is 0.339 e. The maximum Gasteiger partial charge on any atom is 0.339 e. The third-order valence-corrected chi connectivity index (χ3v) is 2.10. The molecular formula is C12H15NO3. The minimum absolute atomic E-state index is 0.134. The highest BCUT2D eigenvalue weighted by Crippen LogP contribution is 1.99. The summed E-state index contributed by atoms with van der Waals surface area (Å²) >= 11 is 0. The molecule has 0 aliphatic rings. The number of hydrogen-bond donors (Lipinski definition) is 0. The Labute approximate surface area is 94.2 Å². The molecule has 0 amide bonds. The second-order valence-electron chi connectivity index (χ2n) is 3.68. The largest absolute Gasteiger partial charge is 0.465 e. The van der Waals surface area contributed by atoms with Crippen LogP contribution in [0.15, 0.2) is 34.8 Å². The lowest BCUT2D eigenvalue weighted by molar-refractivity contribution is 0.0599. The number of ether oxygens (including phenoxy) is 1. The zero-order valence-corrected chi connectivity index (χ0v) is 9.69. The van der Waals surface area contributed by atoms with E-state index in [2.05, 4.69) is 4.74 Å². The van der Waals surface area contributed by atoms with Crippen LogP contribution in [0.25, 0.3) is 0 Å². The molecule has 86 valence electrons. The third-order valence-electron chi connectivity index (χ3n) is 2.10. The highest BCUT2D eigenvalue weighted by atomic mass is 16.5. The number of pyridine rings is 1. The van der Waals surface area contributed by atoms with Crippen molar-refractivity contribution in [2.24, 2.45) is 0 Å². The Kier molecular flexibility index (Phi) is 4.05. The first-order valence-corrected chi connectivity index (χ1v) is 4.96. The van der Waals surface area contributed by atoms with E-state index in [1.54, 1.807) is 0 Å². The lowest BCUT2D eigenvalue weighted by atomic mass is 10.2. The number of allylic oxidation sites excluding steroid dienone is 2. The maximum absolute atomic E-state index is 11.5. The SMILES string of the molecule is COC(=O)c1ccc(=O)n(CC=C(C)C)c1. The molecule has 0 fully saturated rings. The molecule has 0 aromatic carbocycles. The van der Waals surface area contributed by atoms with Gasteiger partial charge in [-0.15, -0.1) is 0 Å². The fraction of sp³-hybridized carbons (Fsp3) is 0.333. The van der Waals surface area contributed by atoms with Crippen LogP contribution < -0.4 is 5.56 Å². The second-order valence-corrected chi connectivity index (χ2v) is 3.68. The van der Waals surface area contributed by atoms with Gasteiger partial charge in [0.2, 0.25) is 0 Å². The van der Waals surface area contributed by atoms with Gasteiger partial charge in [0.25, 0.3) is 5.56 Å². The molecule has 0 aliphatic heterocycles. The summed E-state index contributed by atoms with van der Waals surface area (Å²) < 4.78 is 6.06. The molecule has 0 N–H and O–H groups in total. The summed E-state index contributed by atoms with van der Waals surface area (Å²) in [6, 6.07) is 2.83. The Morgan fingerprint density at radius 1 is 1.44 bits per heavy atom. The summed E-state index contributed by atoms with van der Waals surface area (Å²) in [6.45, 7) is 4.37. The summed E-state index contributed by atoms with van der Waals surface area (Å²) in [5.41, 5.74) is 1.37. The molecule has 16 heavy (non-hydrogen) atoms. The van der Waals surface area contributed by atoms with Crippen LogP contribution in [0, 0.1) is 0 Å². The summed E-state index contributed by atoms with van der Waals surface area (Å²) in [5.74, 6) is -0.439. The number of methoxy groups -OCH3 is 1. The van der Waals surface area contributed by atoms with Gasteiger partial charge in [-0.05, 0) is 19.9 Å². The van der Waals surface area contributed by atoms with Gasteiger partial charge in [0.15, 0.2) is 0 Å². The van der Waals surface area contributed by atoms with Crippen LogP contribution in [-0.2, 0) is 11.3 Å². The standard InChI is InChI=1S/C12H15NO3/c1-9(2)6-7-13-8-10(12(15)16-3)4-5-11(13)14/h4-6,8H,7H2,1-3H3. The normalized spacial score (nSPS) is 9.69. The van der Waals surface area contributed by atoms with E-state index in [4.69, 9.17) is 0 Å². The van der Waals surface area contributed by atoms with E-state index < -0.39 is 5.97 Å². The van der Waals surface area contributed by atoms with Crippen LogP contribution >= 0.6 is 0 Å². The van der Waals surface area contributed by atoms with Crippen LogP contribution in [0.3, 0.4) is 0 Å². The summed E-state index contributed by atoms with van der Waals surface area (Å²) in [7, 11) is 1.31. The van der Waals surface area contributed by atoms with Crippen molar-refractivity contribution in [1.29, 1.82) is 0 Å². The quantitative estimate of drug-likeness (QED) is 0.575. The second kappa shape index (κ2) is 5.30. The van der Waals surface area contributed by atoms with Crippen LogP contribution in [0.1, 0.15) is 24.2 Å². The molecule has 4 nitrogen and oxygen atoms in total. The molecule has 0 saturated carbocycles. The molecule has 0 unspecified atom stereocenters. The first kappa shape index (κ1) is 12.2. The van der Waals surface area contributed by atoms with Crippen molar-refractivity contribution in [3.63, 3.8) is 0 Å². The van der Waals surface area contributed by atoms with E-state index >= 15 is 0 Å².